The number of amides is 1. The summed E-state index contributed by atoms with van der Waals surface area (Å²) in [4.78, 5) is 50.1. The van der Waals surface area contributed by atoms with Crippen molar-refractivity contribution in [2.24, 2.45) is 0 Å². The van der Waals surface area contributed by atoms with E-state index in [4.69, 9.17) is 14.7 Å². The first-order valence-electron chi connectivity index (χ1n) is 29.3. The van der Waals surface area contributed by atoms with E-state index in [0.29, 0.717) is 5.69 Å². The minimum atomic E-state index is -4.07. The van der Waals surface area contributed by atoms with Crippen molar-refractivity contribution in [2.75, 3.05) is 62.0 Å². The maximum Gasteiger partial charge on any atom is 0.350 e. The highest BCUT2D eigenvalue weighted by Gasteiger charge is 2.29. The zero-order chi connectivity index (χ0) is 66.6. The molecule has 1 amide bonds. The van der Waals surface area contributed by atoms with E-state index in [9.17, 15) is 44.4 Å². The van der Waals surface area contributed by atoms with Crippen LogP contribution in [0.2, 0.25) is 0 Å². The molecule has 0 radical (unpaired) electrons. The lowest BCUT2D eigenvalue weighted by molar-refractivity contribution is -0.140. The van der Waals surface area contributed by atoms with Crippen molar-refractivity contribution in [1.82, 2.24) is 10.2 Å². The highest BCUT2D eigenvalue weighted by molar-refractivity contribution is 7.96. The Morgan fingerprint density at radius 2 is 0.978 bits per heavy atom. The normalized spacial score (nSPS) is 13.0. The number of likely N-dealkylation sites (tertiary alicyclic amines) is 1. The van der Waals surface area contributed by atoms with Crippen LogP contribution in [-0.4, -0.2) is 106 Å². The van der Waals surface area contributed by atoms with Crippen LogP contribution >= 0.6 is 0 Å². The number of carbonyl (C=O) groups excluding carboxylic acids is 4. The summed E-state index contributed by atoms with van der Waals surface area (Å²) in [5.41, 5.74) is 2.91. The second-order valence-electron chi connectivity index (χ2n) is 19.0. The van der Waals surface area contributed by atoms with Crippen LogP contribution in [-0.2, 0) is 62.9 Å². The van der Waals surface area contributed by atoms with E-state index in [1.165, 1.54) is 105 Å². The van der Waals surface area contributed by atoms with Gasteiger partial charge in [0.05, 0.1) is 40.6 Å². The van der Waals surface area contributed by atoms with E-state index in [1.807, 2.05) is 79.1 Å². The van der Waals surface area contributed by atoms with Gasteiger partial charge in [0.2, 0.25) is 25.6 Å². The fourth-order valence-corrected chi connectivity index (χ4v) is 11.6. The van der Waals surface area contributed by atoms with Crippen molar-refractivity contribution in [2.45, 2.75) is 75.0 Å². The van der Waals surface area contributed by atoms with E-state index < -0.39 is 58.1 Å². The maximum atomic E-state index is 12.8. The zero-order valence-electron chi connectivity index (χ0n) is 52.0. The number of benzene rings is 6. The molecule has 2 N–H and O–H groups in total. The van der Waals surface area contributed by atoms with Gasteiger partial charge in [0.25, 0.3) is 0 Å². The average Bonchev–Trinajstić information content (AvgIpc) is 2.59. The molecule has 0 aromatic heterocycles. The highest BCUT2D eigenvalue weighted by Crippen LogP contribution is 2.23. The number of nitriles is 1. The van der Waals surface area contributed by atoms with Gasteiger partial charge in [0, 0.05) is 50.7 Å². The van der Waals surface area contributed by atoms with E-state index in [1.54, 1.807) is 112 Å². The molecule has 6 aromatic carbocycles. The van der Waals surface area contributed by atoms with Crippen LogP contribution in [0.25, 0.3) is 6.08 Å². The van der Waals surface area contributed by atoms with Crippen LogP contribution in [0, 0.1) is 11.3 Å². The van der Waals surface area contributed by atoms with Crippen LogP contribution in [0.3, 0.4) is 0 Å². The van der Waals surface area contributed by atoms with Gasteiger partial charge in [0.1, 0.15) is 0 Å². The number of para-hydroxylation sites is 2. The van der Waals surface area contributed by atoms with E-state index in [0.717, 1.165) is 37.7 Å². The first-order valence-corrected chi connectivity index (χ1v) is 33.9. The van der Waals surface area contributed by atoms with Crippen molar-refractivity contribution in [1.29, 1.82) is 5.26 Å². The number of ether oxygens (including phenoxy) is 3. The highest BCUT2D eigenvalue weighted by atomic mass is 32.2. The molecule has 2 saturated heterocycles. The number of allylic oxidation sites excluding steroid dienone is 6. The number of hydrogen-bond acceptors (Lipinski definition) is 17. The van der Waals surface area contributed by atoms with Crippen molar-refractivity contribution in [3.05, 3.63) is 252 Å². The summed E-state index contributed by atoms with van der Waals surface area (Å²) in [7, 11) is -11.5. The van der Waals surface area contributed by atoms with Crippen molar-refractivity contribution in [3.63, 3.8) is 0 Å². The number of esters is 3. The number of carbonyl (C=O) groups is 4. The van der Waals surface area contributed by atoms with Gasteiger partial charge in [-0.1, -0.05) is 133 Å². The molecule has 0 atom stereocenters. The molecule has 482 valence electrons. The van der Waals surface area contributed by atoms with Crippen LogP contribution in [0.15, 0.2) is 262 Å². The molecule has 8 rings (SSSR count). The topological polar surface area (TPSA) is 253 Å². The van der Waals surface area contributed by atoms with E-state index in [2.05, 4.69) is 38.5 Å². The molecule has 21 heteroatoms. The van der Waals surface area contributed by atoms with E-state index >= 15 is 0 Å². The molecule has 2 aliphatic rings. The predicted octanol–water partition coefficient (Wildman–Crippen LogP) is 12.2. The predicted molar refractivity (Wildman–Crippen MR) is 359 cm³/mol. The number of nitrogens with one attached hydrogen (secondary N) is 2. The molecular formula is C70H81N5O13S3. The minimum Gasteiger partial charge on any atom is -0.465 e. The Balaban J connectivity index is 0.000000310. The van der Waals surface area contributed by atoms with Gasteiger partial charge in [0.15, 0.2) is 25.4 Å². The van der Waals surface area contributed by atoms with Crippen LogP contribution in [0.1, 0.15) is 65.9 Å². The van der Waals surface area contributed by atoms with Gasteiger partial charge in [-0.25, -0.2) is 34.8 Å². The van der Waals surface area contributed by atoms with Gasteiger partial charge < -0.3 is 29.7 Å². The largest absolute Gasteiger partial charge is 0.465 e. The van der Waals surface area contributed by atoms with Gasteiger partial charge in [-0.15, -0.1) is 0 Å². The third-order valence-electron chi connectivity index (χ3n) is 12.2. The number of sulfone groups is 3. The lowest BCUT2D eigenvalue weighted by Gasteiger charge is -2.15. The second kappa shape index (κ2) is 43.3. The van der Waals surface area contributed by atoms with Gasteiger partial charge in [-0.05, 0) is 162 Å². The summed E-state index contributed by atoms with van der Waals surface area (Å²) in [5.74, 6) is -3.38. The van der Waals surface area contributed by atoms with Crippen molar-refractivity contribution >= 4 is 70.8 Å². The standard InChI is InChI=1S/C21H21NO5S.C17H21NO4S.C16H15N.C10H12O4S.C4H9N.C2H3N/c1-3-27-21(24)20(28(25,26)19-13-8-5-9-14-19)15-10-16-22(17(2)23)18-11-6-4-7-12-18;1-2-22-17(19)16(11-8-14-18-12-6-7-13-18)23(20,21)15-9-4-3-5-10-15;1-3-9-15(10-4-1)11-7-8-14-17-16-12-5-2-6-13-16;1-2-14-10(11)8-15(12,13)9-6-4-3-5-7-9;1-2-4-5-3-1;1-2-3/h4-16H,3H2,1-2H3;3-5,8-11,14H,2,6-7,12-13H2,1H3;1-14,17H;3-7H,2,8H2,1H3;5H,1-4H2;1H3/b16-10+,20-15+;14-8+,16-11+;;;;. The lowest BCUT2D eigenvalue weighted by atomic mass is 10.2. The van der Waals surface area contributed by atoms with Crippen molar-refractivity contribution in [3.8, 4) is 6.07 Å². The maximum absolute atomic E-state index is 12.8. The van der Waals surface area contributed by atoms with Crippen LogP contribution < -0.4 is 15.5 Å². The summed E-state index contributed by atoms with van der Waals surface area (Å²) in [6, 6.07) is 54.3. The first-order chi connectivity index (χ1) is 43.9. The third-order valence-corrected chi connectivity index (χ3v) is 17.3. The Hall–Kier alpha value is -9.46. The van der Waals surface area contributed by atoms with Crippen LogP contribution in [0.4, 0.5) is 11.4 Å². The molecule has 18 nitrogen and oxygen atoms in total. The summed E-state index contributed by atoms with van der Waals surface area (Å²) in [6.45, 7) is 12.4. The summed E-state index contributed by atoms with van der Waals surface area (Å²) in [6.07, 6.45) is 21.6. The van der Waals surface area contributed by atoms with E-state index in [-0.39, 0.29) is 45.3 Å². The zero-order valence-corrected chi connectivity index (χ0v) is 54.4. The number of hydrogen-bond donors (Lipinski definition) is 2. The second-order valence-corrected chi connectivity index (χ2v) is 24.8. The van der Waals surface area contributed by atoms with Crippen molar-refractivity contribution < 1.29 is 58.6 Å². The molecule has 0 unspecified atom stereocenters. The molecule has 2 aliphatic heterocycles. The molecule has 6 aromatic rings. The SMILES string of the molecule is C(C=Cc1ccccc1)=CNc1ccccc1.C1CCNC1.CC#N.CCOC(=O)/C(=C\C=C\N(C(C)=O)c1ccccc1)S(=O)(=O)c1ccccc1.CCOC(=O)/C(=C\C=C\N1CCCC1)S(=O)(=O)c1ccccc1.CCOC(=O)CS(=O)(=O)c1ccccc1. The Kier molecular flexibility index (Phi) is 36.0. The van der Waals surface area contributed by atoms with Crippen LogP contribution in [0.5, 0.6) is 0 Å². The Morgan fingerprint density at radius 3 is 1.41 bits per heavy atom. The Bertz CT molecular complexity index is 3690. The molecule has 0 aliphatic carbocycles. The molecule has 91 heavy (non-hydrogen) atoms. The molecule has 0 spiro atoms. The molecule has 0 bridgehead atoms. The quantitative estimate of drug-likeness (QED) is 0.0294. The number of nitrogens with zero attached hydrogens (tertiary/aromatic N) is 3. The fraction of sp³-hybridized carbons (Fsp3) is 0.243. The first kappa shape index (κ1) is 75.8. The summed E-state index contributed by atoms with van der Waals surface area (Å²) in [5, 5.41) is 13.7. The Labute approximate surface area is 537 Å². The summed E-state index contributed by atoms with van der Waals surface area (Å²) < 4.78 is 88.6. The van der Waals surface area contributed by atoms with Gasteiger partial charge in [-0.2, -0.15) is 5.26 Å². The molecule has 2 heterocycles. The number of rotatable bonds is 21. The third kappa shape index (κ3) is 29.2. The molecular weight excluding hydrogens is 1210 g/mol. The lowest BCUT2D eigenvalue weighted by Crippen LogP contribution is -2.21. The Morgan fingerprint density at radius 1 is 0.560 bits per heavy atom. The smallest absolute Gasteiger partial charge is 0.350 e. The minimum absolute atomic E-state index is 0.0193. The van der Waals surface area contributed by atoms with Gasteiger partial charge in [-0.3, -0.25) is 14.5 Å². The number of anilines is 2. The molecule has 0 saturated carbocycles. The average molecular weight is 1300 g/mol. The molecule has 2 fully saturated rings. The summed E-state index contributed by atoms with van der Waals surface area (Å²) >= 11 is 0. The van der Waals surface area contributed by atoms with Gasteiger partial charge >= 0.3 is 17.9 Å². The fourth-order valence-electron chi connectivity index (χ4n) is 7.87. The monoisotopic (exact) mass is 1300 g/mol.